The fourth-order valence-electron chi connectivity index (χ4n) is 3.81. The Bertz CT molecular complexity index is 443. The van der Waals surface area contributed by atoms with E-state index in [2.05, 4.69) is 29.2 Å². The fourth-order valence-corrected chi connectivity index (χ4v) is 3.81. The molecule has 1 saturated heterocycles. The van der Waals surface area contributed by atoms with Crippen LogP contribution in [-0.4, -0.2) is 42.9 Å². The Morgan fingerprint density at radius 2 is 2.14 bits per heavy atom. The van der Waals surface area contributed by atoms with Crippen LogP contribution in [-0.2, 0) is 11.2 Å². The third-order valence-electron chi connectivity index (χ3n) is 4.90. The molecule has 3 heteroatoms. The highest BCUT2D eigenvalue weighted by atomic mass is 16.5. The van der Waals surface area contributed by atoms with Gasteiger partial charge in [0.05, 0.1) is 6.61 Å². The summed E-state index contributed by atoms with van der Waals surface area (Å²) in [6, 6.07) is 9.44. The van der Waals surface area contributed by atoms with Gasteiger partial charge in [-0.15, -0.1) is 0 Å². The predicted molar refractivity (Wildman–Crippen MR) is 84.3 cm³/mol. The summed E-state index contributed by atoms with van der Waals surface area (Å²) < 4.78 is 5.54. The Labute approximate surface area is 127 Å². The van der Waals surface area contributed by atoms with Crippen LogP contribution in [0.15, 0.2) is 24.3 Å². The molecule has 0 saturated carbocycles. The molecule has 21 heavy (non-hydrogen) atoms. The third-order valence-corrected chi connectivity index (χ3v) is 4.90. The van der Waals surface area contributed by atoms with Gasteiger partial charge >= 0.3 is 0 Å². The van der Waals surface area contributed by atoms with Gasteiger partial charge in [0, 0.05) is 32.3 Å². The second kappa shape index (κ2) is 7.39. The van der Waals surface area contributed by atoms with Gasteiger partial charge < -0.3 is 9.84 Å². The Morgan fingerprint density at radius 1 is 1.24 bits per heavy atom. The summed E-state index contributed by atoms with van der Waals surface area (Å²) in [7, 11) is 0. The fraction of sp³-hybridized carbons (Fsp3) is 0.667. The zero-order valence-electron chi connectivity index (χ0n) is 12.8. The van der Waals surface area contributed by atoms with Crippen molar-refractivity contribution in [2.24, 2.45) is 5.92 Å². The molecule has 0 aromatic heterocycles. The number of fused-ring (bicyclic) bond motifs is 1. The molecule has 2 aliphatic rings. The number of hydrogen-bond acceptors (Lipinski definition) is 3. The van der Waals surface area contributed by atoms with Crippen molar-refractivity contribution >= 4 is 0 Å². The average Bonchev–Trinajstić information content (AvgIpc) is 3.04. The number of aliphatic hydroxyl groups is 1. The van der Waals surface area contributed by atoms with E-state index in [-0.39, 0.29) is 6.61 Å². The number of hydrogen-bond donors (Lipinski definition) is 1. The van der Waals surface area contributed by atoms with Crippen molar-refractivity contribution in [3.8, 4) is 0 Å². The molecule has 1 fully saturated rings. The summed E-state index contributed by atoms with van der Waals surface area (Å²) in [5.74, 6) is 0.665. The summed E-state index contributed by atoms with van der Waals surface area (Å²) in [6.07, 6.45) is 5.79. The first-order valence-electron chi connectivity index (χ1n) is 8.39. The van der Waals surface area contributed by atoms with Crippen molar-refractivity contribution < 1.29 is 9.84 Å². The highest BCUT2D eigenvalue weighted by molar-refractivity contribution is 5.32. The molecule has 116 valence electrons. The van der Waals surface area contributed by atoms with Crippen LogP contribution in [0.3, 0.4) is 0 Å². The molecule has 0 bridgehead atoms. The smallest absolute Gasteiger partial charge is 0.0507 e. The van der Waals surface area contributed by atoms with Gasteiger partial charge in [-0.3, -0.25) is 4.90 Å². The first kappa shape index (κ1) is 15.0. The molecule has 1 aliphatic carbocycles. The van der Waals surface area contributed by atoms with E-state index in [0.717, 1.165) is 32.7 Å². The van der Waals surface area contributed by atoms with Crippen LogP contribution in [0, 0.1) is 5.92 Å². The van der Waals surface area contributed by atoms with Gasteiger partial charge in [0.1, 0.15) is 0 Å². The predicted octanol–water partition coefficient (Wildman–Crippen LogP) is 2.78. The quantitative estimate of drug-likeness (QED) is 0.874. The largest absolute Gasteiger partial charge is 0.396 e. The van der Waals surface area contributed by atoms with Crippen molar-refractivity contribution in [1.29, 1.82) is 0 Å². The topological polar surface area (TPSA) is 32.7 Å². The lowest BCUT2D eigenvalue weighted by molar-refractivity contribution is 0.124. The molecule has 1 heterocycles. The molecule has 1 N–H and O–H groups in total. The standard InChI is InChI=1S/C18H27NO2/c20-11-4-10-19(13-15-9-12-21-14-15)18-8-3-6-16-5-1-2-7-17(16)18/h1-2,5,7,15,18,20H,3-4,6,8-14H2/t15-,18-/m0/s1. The van der Waals surface area contributed by atoms with E-state index in [1.165, 1.54) is 36.8 Å². The van der Waals surface area contributed by atoms with Crippen LogP contribution in [0.4, 0.5) is 0 Å². The van der Waals surface area contributed by atoms with Gasteiger partial charge in [-0.05, 0) is 49.1 Å². The van der Waals surface area contributed by atoms with E-state index in [1.807, 2.05) is 0 Å². The molecule has 3 nitrogen and oxygen atoms in total. The van der Waals surface area contributed by atoms with Crippen LogP contribution < -0.4 is 0 Å². The zero-order chi connectivity index (χ0) is 14.5. The summed E-state index contributed by atoms with van der Waals surface area (Å²) in [6.45, 7) is 4.21. The van der Waals surface area contributed by atoms with Crippen molar-refractivity contribution in [1.82, 2.24) is 4.90 Å². The minimum absolute atomic E-state index is 0.284. The number of rotatable bonds is 6. The minimum Gasteiger partial charge on any atom is -0.396 e. The van der Waals surface area contributed by atoms with Gasteiger partial charge in [-0.25, -0.2) is 0 Å². The first-order chi connectivity index (χ1) is 10.4. The van der Waals surface area contributed by atoms with Crippen molar-refractivity contribution in [3.05, 3.63) is 35.4 Å². The second-order valence-corrected chi connectivity index (χ2v) is 6.41. The monoisotopic (exact) mass is 289 g/mol. The van der Waals surface area contributed by atoms with Crippen LogP contribution in [0.1, 0.15) is 42.9 Å². The molecule has 3 rings (SSSR count). The van der Waals surface area contributed by atoms with Gasteiger partial charge in [-0.1, -0.05) is 24.3 Å². The van der Waals surface area contributed by atoms with Crippen molar-refractivity contribution in [2.45, 2.75) is 38.1 Å². The summed E-state index contributed by atoms with van der Waals surface area (Å²) in [4.78, 5) is 2.60. The molecular formula is C18H27NO2. The van der Waals surface area contributed by atoms with E-state index in [9.17, 15) is 5.11 Å². The molecule has 1 aromatic carbocycles. The summed E-state index contributed by atoms with van der Waals surface area (Å²) in [5, 5.41) is 9.22. The lowest BCUT2D eigenvalue weighted by atomic mass is 9.86. The Kier molecular flexibility index (Phi) is 5.28. The average molecular weight is 289 g/mol. The van der Waals surface area contributed by atoms with E-state index < -0.39 is 0 Å². The zero-order valence-corrected chi connectivity index (χ0v) is 12.8. The molecule has 0 amide bonds. The minimum atomic E-state index is 0.284. The first-order valence-corrected chi connectivity index (χ1v) is 8.39. The van der Waals surface area contributed by atoms with Gasteiger partial charge in [-0.2, -0.15) is 0 Å². The lowest BCUT2D eigenvalue weighted by Crippen LogP contribution is -2.36. The molecule has 1 aromatic rings. The van der Waals surface area contributed by atoms with E-state index in [0.29, 0.717) is 12.0 Å². The summed E-state index contributed by atoms with van der Waals surface area (Å²) in [5.41, 5.74) is 3.03. The Hall–Kier alpha value is -0.900. The van der Waals surface area contributed by atoms with Gasteiger partial charge in [0.25, 0.3) is 0 Å². The molecular weight excluding hydrogens is 262 g/mol. The van der Waals surface area contributed by atoms with Crippen LogP contribution in [0.25, 0.3) is 0 Å². The second-order valence-electron chi connectivity index (χ2n) is 6.41. The number of ether oxygens (including phenoxy) is 1. The van der Waals surface area contributed by atoms with Crippen LogP contribution >= 0.6 is 0 Å². The maximum Gasteiger partial charge on any atom is 0.0507 e. The van der Waals surface area contributed by atoms with Crippen molar-refractivity contribution in [3.63, 3.8) is 0 Å². The molecule has 0 radical (unpaired) electrons. The molecule has 0 unspecified atom stereocenters. The van der Waals surface area contributed by atoms with Gasteiger partial charge in [0.2, 0.25) is 0 Å². The van der Waals surface area contributed by atoms with Crippen molar-refractivity contribution in [2.75, 3.05) is 32.9 Å². The van der Waals surface area contributed by atoms with Gasteiger partial charge in [0.15, 0.2) is 0 Å². The summed E-state index contributed by atoms with van der Waals surface area (Å²) >= 11 is 0. The molecule has 1 aliphatic heterocycles. The number of aryl methyl sites for hydroxylation is 1. The SMILES string of the molecule is OCCCN(C[C@@H]1CCOC1)[C@H]1CCCc2ccccc21. The van der Waals surface area contributed by atoms with Crippen LogP contribution in [0.2, 0.25) is 0 Å². The third kappa shape index (κ3) is 3.65. The highest BCUT2D eigenvalue weighted by Crippen LogP contribution is 2.35. The Morgan fingerprint density at radius 3 is 2.95 bits per heavy atom. The van der Waals surface area contributed by atoms with E-state index >= 15 is 0 Å². The van der Waals surface area contributed by atoms with E-state index in [4.69, 9.17) is 4.74 Å². The number of nitrogens with zero attached hydrogens (tertiary/aromatic N) is 1. The normalized spacial score (nSPS) is 25.2. The maximum absolute atomic E-state index is 9.22. The molecule has 2 atom stereocenters. The van der Waals surface area contributed by atoms with E-state index in [1.54, 1.807) is 0 Å². The molecule has 0 spiro atoms. The maximum atomic E-state index is 9.22. The highest BCUT2D eigenvalue weighted by Gasteiger charge is 2.28. The number of aliphatic hydroxyl groups excluding tert-OH is 1. The Balaban J connectivity index is 1.75. The number of benzene rings is 1. The van der Waals surface area contributed by atoms with Crippen LogP contribution in [0.5, 0.6) is 0 Å². The lowest BCUT2D eigenvalue weighted by Gasteiger charge is -2.37.